The van der Waals surface area contributed by atoms with Gasteiger partial charge < -0.3 is 5.11 Å². The molecule has 116 valence electrons. The highest BCUT2D eigenvalue weighted by Crippen LogP contribution is 2.20. The zero-order chi connectivity index (χ0) is 16.9. The molecule has 0 bridgehead atoms. The summed E-state index contributed by atoms with van der Waals surface area (Å²) in [7, 11) is 0. The molecule has 3 nitrogen and oxygen atoms in total. The van der Waals surface area contributed by atoms with Crippen LogP contribution in [-0.4, -0.2) is 16.3 Å². The number of carbonyl (C=O) groups is 2. The first kappa shape index (κ1) is 19.1. The van der Waals surface area contributed by atoms with Gasteiger partial charge in [0.05, 0.1) is 5.56 Å². The molecule has 0 heterocycles. The van der Waals surface area contributed by atoms with Crippen LogP contribution in [0.15, 0.2) is 36.4 Å². The molecule has 0 atom stereocenters. The third-order valence-corrected chi connectivity index (χ3v) is 3.29. The topological polar surface area (TPSA) is 54.4 Å². The molecule has 0 saturated carbocycles. The molecule has 0 unspecified atom stereocenters. The minimum Gasteiger partial charge on any atom is -0.478 e. The fourth-order valence-corrected chi connectivity index (χ4v) is 2.51. The Morgan fingerprint density at radius 3 is 1.27 bits per heavy atom. The van der Waals surface area contributed by atoms with Gasteiger partial charge in [-0.3, -0.25) is 4.79 Å². The van der Waals surface area contributed by atoms with Crippen molar-refractivity contribution in [1.29, 1.82) is 0 Å². The number of carbonyl (C=O) groups excluding carboxylic acids is 1. The number of carboxylic acids is 1. The molecule has 2 rings (SSSR count). The summed E-state index contributed by atoms with van der Waals surface area (Å²) in [5.74, 6) is -1.03. The van der Waals surface area contributed by atoms with Crippen molar-refractivity contribution in [2.24, 2.45) is 0 Å². The summed E-state index contributed by atoms with van der Waals surface area (Å²) in [6.45, 7) is 0. The van der Waals surface area contributed by atoms with E-state index in [1.807, 2.05) is 0 Å². The molecule has 2 aromatic carbocycles. The van der Waals surface area contributed by atoms with Crippen LogP contribution in [-0.2, 0) is 0 Å². The van der Waals surface area contributed by atoms with Crippen LogP contribution in [0.4, 0.5) is 0 Å². The maximum atomic E-state index is 10.6. The second kappa shape index (κ2) is 8.61. The predicted octanol–water partition coefficient (Wildman–Crippen LogP) is 6.06. The van der Waals surface area contributed by atoms with Gasteiger partial charge in [-0.05, 0) is 48.0 Å². The molecule has 22 heavy (non-hydrogen) atoms. The fourth-order valence-electron chi connectivity index (χ4n) is 1.34. The largest absolute Gasteiger partial charge is 0.478 e. The number of carboxylic acid groups (broad SMARTS) is 1. The normalized spacial score (nSPS) is 9.68. The highest BCUT2D eigenvalue weighted by Gasteiger charge is 2.04. The third-order valence-electron chi connectivity index (χ3n) is 2.20. The Labute approximate surface area is 151 Å². The maximum absolute atomic E-state index is 10.6. The Morgan fingerprint density at radius 2 is 1.00 bits per heavy atom. The Morgan fingerprint density at radius 1 is 0.682 bits per heavy atom. The molecular weight excluding hydrogens is 393 g/mol. The van der Waals surface area contributed by atoms with Crippen molar-refractivity contribution in [2.75, 3.05) is 0 Å². The standard InChI is InChI=1S/C7H3Cl3O.C7H4Cl2O2/c2*8-5-1-4(7(10)11)2-6(9)3-5/h1-3H;1-3H,(H,10,11). The van der Waals surface area contributed by atoms with E-state index in [2.05, 4.69) is 0 Å². The molecule has 1 N–H and O–H groups in total. The quantitative estimate of drug-likeness (QED) is 0.623. The molecule has 0 fully saturated rings. The lowest BCUT2D eigenvalue weighted by Crippen LogP contribution is -1.95. The van der Waals surface area contributed by atoms with E-state index in [1.165, 1.54) is 36.4 Å². The van der Waals surface area contributed by atoms with Crippen LogP contribution in [0.1, 0.15) is 20.7 Å². The van der Waals surface area contributed by atoms with Gasteiger partial charge >= 0.3 is 5.97 Å². The molecule has 0 saturated heterocycles. The van der Waals surface area contributed by atoms with E-state index in [0.29, 0.717) is 25.7 Å². The SMILES string of the molecule is O=C(Cl)c1cc(Cl)cc(Cl)c1.O=C(O)c1cc(Cl)cc(Cl)c1. The summed E-state index contributed by atoms with van der Waals surface area (Å²) in [5.41, 5.74) is 0.409. The van der Waals surface area contributed by atoms with Gasteiger partial charge in [0.15, 0.2) is 0 Å². The first-order valence-corrected chi connectivity index (χ1v) is 7.43. The van der Waals surface area contributed by atoms with Gasteiger partial charge in [0.1, 0.15) is 0 Å². The Balaban J connectivity index is 0.000000220. The monoisotopic (exact) mass is 398 g/mol. The van der Waals surface area contributed by atoms with Gasteiger partial charge in [0, 0.05) is 25.7 Å². The molecule has 0 aliphatic carbocycles. The van der Waals surface area contributed by atoms with Crippen LogP contribution < -0.4 is 0 Å². The van der Waals surface area contributed by atoms with E-state index in [4.69, 9.17) is 63.1 Å². The number of halogens is 5. The van der Waals surface area contributed by atoms with Crippen LogP contribution in [0.25, 0.3) is 0 Å². The first-order valence-electron chi connectivity index (χ1n) is 5.54. The van der Waals surface area contributed by atoms with E-state index in [0.717, 1.165) is 0 Å². The highest BCUT2D eigenvalue weighted by molar-refractivity contribution is 6.68. The zero-order valence-electron chi connectivity index (χ0n) is 10.6. The van der Waals surface area contributed by atoms with E-state index >= 15 is 0 Å². The van der Waals surface area contributed by atoms with Crippen molar-refractivity contribution in [3.63, 3.8) is 0 Å². The Kier molecular flexibility index (Phi) is 7.46. The second-order valence-electron chi connectivity index (χ2n) is 3.90. The number of hydrogen-bond acceptors (Lipinski definition) is 2. The summed E-state index contributed by atoms with van der Waals surface area (Å²) in [6.07, 6.45) is 0. The van der Waals surface area contributed by atoms with Crippen LogP contribution in [0.5, 0.6) is 0 Å². The van der Waals surface area contributed by atoms with Crippen molar-refractivity contribution in [2.45, 2.75) is 0 Å². The molecule has 0 aliphatic heterocycles. The van der Waals surface area contributed by atoms with Crippen LogP contribution in [0.3, 0.4) is 0 Å². The zero-order valence-corrected chi connectivity index (χ0v) is 14.4. The van der Waals surface area contributed by atoms with Crippen LogP contribution >= 0.6 is 58.0 Å². The minimum atomic E-state index is -1.03. The summed E-state index contributed by atoms with van der Waals surface area (Å²) in [6, 6.07) is 8.62. The molecule has 0 spiro atoms. The van der Waals surface area contributed by atoms with Gasteiger partial charge in [0.2, 0.25) is 0 Å². The van der Waals surface area contributed by atoms with Gasteiger partial charge in [-0.1, -0.05) is 46.4 Å². The number of hydrogen-bond donors (Lipinski definition) is 1. The van der Waals surface area contributed by atoms with Gasteiger partial charge in [-0.25, -0.2) is 4.79 Å². The minimum absolute atomic E-state index is 0.0995. The van der Waals surface area contributed by atoms with Crippen LogP contribution in [0, 0.1) is 0 Å². The highest BCUT2D eigenvalue weighted by atomic mass is 35.5. The average molecular weight is 400 g/mol. The van der Waals surface area contributed by atoms with E-state index < -0.39 is 11.2 Å². The number of rotatable bonds is 2. The smallest absolute Gasteiger partial charge is 0.335 e. The molecule has 0 aliphatic rings. The van der Waals surface area contributed by atoms with Crippen LogP contribution in [0.2, 0.25) is 20.1 Å². The van der Waals surface area contributed by atoms with Gasteiger partial charge in [-0.2, -0.15) is 0 Å². The van der Waals surface area contributed by atoms with E-state index in [1.54, 1.807) is 0 Å². The van der Waals surface area contributed by atoms with Gasteiger partial charge in [-0.15, -0.1) is 0 Å². The average Bonchev–Trinajstić information content (AvgIpc) is 2.37. The van der Waals surface area contributed by atoms with E-state index in [-0.39, 0.29) is 5.56 Å². The van der Waals surface area contributed by atoms with Crippen molar-refractivity contribution in [1.82, 2.24) is 0 Å². The molecule has 0 amide bonds. The maximum Gasteiger partial charge on any atom is 0.335 e. The molecule has 0 aromatic heterocycles. The Hall–Kier alpha value is -0.970. The first-order chi connectivity index (χ1) is 10.2. The van der Waals surface area contributed by atoms with Gasteiger partial charge in [0.25, 0.3) is 5.24 Å². The lowest BCUT2D eigenvalue weighted by Gasteiger charge is -1.95. The fraction of sp³-hybridized carbons (Fsp3) is 0. The molecule has 2 aromatic rings. The van der Waals surface area contributed by atoms with Crippen molar-refractivity contribution in [3.05, 3.63) is 67.6 Å². The summed E-state index contributed by atoms with van der Waals surface area (Å²) >= 11 is 27.5. The molecule has 8 heteroatoms. The lowest BCUT2D eigenvalue weighted by molar-refractivity contribution is 0.0696. The molecule has 0 radical (unpaired) electrons. The third kappa shape index (κ3) is 6.42. The summed E-state index contributed by atoms with van der Waals surface area (Å²) in [4.78, 5) is 21.0. The molecular formula is C14H7Cl5O3. The lowest BCUT2D eigenvalue weighted by atomic mass is 10.2. The number of aromatic carboxylic acids is 1. The number of benzene rings is 2. The Bertz CT molecular complexity index is 614. The van der Waals surface area contributed by atoms with E-state index in [9.17, 15) is 9.59 Å². The van der Waals surface area contributed by atoms with Crippen molar-refractivity contribution < 1.29 is 14.7 Å². The second-order valence-corrected chi connectivity index (χ2v) is 5.98. The predicted molar refractivity (Wildman–Crippen MR) is 90.1 cm³/mol. The summed E-state index contributed by atoms with van der Waals surface area (Å²) < 4.78 is 0. The van der Waals surface area contributed by atoms with Crippen molar-refractivity contribution >= 4 is 69.2 Å². The van der Waals surface area contributed by atoms with Crippen molar-refractivity contribution in [3.8, 4) is 0 Å². The summed E-state index contributed by atoms with van der Waals surface area (Å²) in [5, 5.41) is 9.42.